The van der Waals surface area contributed by atoms with Gasteiger partial charge >= 0.3 is 0 Å². The third-order valence-electron chi connectivity index (χ3n) is 6.79. The van der Waals surface area contributed by atoms with E-state index in [1.54, 1.807) is 12.1 Å². The van der Waals surface area contributed by atoms with Crippen molar-refractivity contribution >= 4 is 17.3 Å². The molecule has 4 saturated carbocycles. The highest BCUT2D eigenvalue weighted by Gasteiger charge is 2.55. The number of amides is 1. The Kier molecular flexibility index (Phi) is 3.66. The zero-order valence-electron chi connectivity index (χ0n) is 14.9. The summed E-state index contributed by atoms with van der Waals surface area (Å²) in [6.45, 7) is 0. The van der Waals surface area contributed by atoms with E-state index in [0.717, 1.165) is 48.4 Å². The van der Waals surface area contributed by atoms with E-state index in [4.69, 9.17) is 0 Å². The van der Waals surface area contributed by atoms with Crippen LogP contribution in [0.3, 0.4) is 0 Å². The SMILES string of the molecule is O=C(N(c1ccccc1)c1ccc(F)cc1)C12CC3CC(CC(C3)C1)C2. The maximum atomic E-state index is 13.9. The zero-order valence-corrected chi connectivity index (χ0v) is 14.9. The molecule has 0 spiro atoms. The number of para-hydroxylation sites is 1. The number of rotatable bonds is 3. The molecule has 0 N–H and O–H groups in total. The second-order valence-corrected chi connectivity index (χ2v) is 8.65. The summed E-state index contributed by atoms with van der Waals surface area (Å²) in [6, 6.07) is 16.2. The number of hydrogen-bond donors (Lipinski definition) is 0. The van der Waals surface area contributed by atoms with Crippen LogP contribution in [-0.2, 0) is 4.79 Å². The lowest BCUT2D eigenvalue weighted by molar-refractivity contribution is -0.142. The van der Waals surface area contributed by atoms with Crippen molar-refractivity contribution in [3.8, 4) is 0 Å². The summed E-state index contributed by atoms with van der Waals surface area (Å²) >= 11 is 0. The molecular formula is C23H24FNO. The molecule has 0 heterocycles. The average molecular weight is 349 g/mol. The fraction of sp³-hybridized carbons (Fsp3) is 0.435. The van der Waals surface area contributed by atoms with Crippen molar-refractivity contribution in [1.82, 2.24) is 0 Å². The zero-order chi connectivity index (χ0) is 17.7. The van der Waals surface area contributed by atoms with Gasteiger partial charge in [-0.05, 0) is 92.7 Å². The molecule has 4 aliphatic rings. The third-order valence-corrected chi connectivity index (χ3v) is 6.79. The van der Waals surface area contributed by atoms with E-state index >= 15 is 0 Å². The minimum absolute atomic E-state index is 0.217. The molecule has 4 aliphatic carbocycles. The third kappa shape index (κ3) is 2.56. The fourth-order valence-corrected chi connectivity index (χ4v) is 6.16. The van der Waals surface area contributed by atoms with Gasteiger partial charge in [0, 0.05) is 11.4 Å². The lowest BCUT2D eigenvalue weighted by Crippen LogP contribution is -2.53. The second kappa shape index (κ2) is 5.94. The van der Waals surface area contributed by atoms with Crippen LogP contribution in [0.25, 0.3) is 0 Å². The lowest BCUT2D eigenvalue weighted by Gasteiger charge is -2.56. The molecule has 4 fully saturated rings. The molecule has 6 rings (SSSR count). The topological polar surface area (TPSA) is 20.3 Å². The minimum atomic E-state index is -0.274. The van der Waals surface area contributed by atoms with Crippen molar-refractivity contribution in [1.29, 1.82) is 0 Å². The Morgan fingerprint density at radius 2 is 1.31 bits per heavy atom. The number of anilines is 2. The van der Waals surface area contributed by atoms with Gasteiger partial charge in [-0.25, -0.2) is 4.39 Å². The maximum absolute atomic E-state index is 13.9. The molecule has 134 valence electrons. The Labute approximate surface area is 154 Å². The van der Waals surface area contributed by atoms with Gasteiger partial charge in [0.15, 0.2) is 0 Å². The Hall–Kier alpha value is -2.16. The number of carbonyl (C=O) groups excluding carboxylic acids is 1. The summed E-state index contributed by atoms with van der Waals surface area (Å²) < 4.78 is 13.5. The molecule has 2 aromatic carbocycles. The van der Waals surface area contributed by atoms with Crippen LogP contribution >= 0.6 is 0 Å². The first-order valence-corrected chi connectivity index (χ1v) is 9.78. The molecular weight excluding hydrogens is 325 g/mol. The summed E-state index contributed by atoms with van der Waals surface area (Å²) in [4.78, 5) is 15.8. The number of halogens is 1. The molecule has 0 aliphatic heterocycles. The van der Waals surface area contributed by atoms with E-state index in [1.807, 2.05) is 35.2 Å². The first-order chi connectivity index (χ1) is 12.6. The van der Waals surface area contributed by atoms with Crippen molar-refractivity contribution in [2.45, 2.75) is 38.5 Å². The smallest absolute Gasteiger partial charge is 0.237 e. The maximum Gasteiger partial charge on any atom is 0.237 e. The highest BCUT2D eigenvalue weighted by atomic mass is 19.1. The first kappa shape index (κ1) is 16.0. The molecule has 1 amide bonds. The number of nitrogens with zero attached hydrogens (tertiary/aromatic N) is 1. The van der Waals surface area contributed by atoms with Crippen molar-refractivity contribution in [2.75, 3.05) is 4.90 Å². The molecule has 0 saturated heterocycles. The fourth-order valence-electron chi connectivity index (χ4n) is 6.16. The van der Waals surface area contributed by atoms with E-state index < -0.39 is 0 Å². The van der Waals surface area contributed by atoms with Gasteiger partial charge < -0.3 is 0 Å². The molecule has 3 heteroatoms. The molecule has 0 aromatic heterocycles. The van der Waals surface area contributed by atoms with Crippen LogP contribution in [0.5, 0.6) is 0 Å². The van der Waals surface area contributed by atoms with Gasteiger partial charge in [0.05, 0.1) is 5.41 Å². The van der Waals surface area contributed by atoms with Gasteiger partial charge in [0.2, 0.25) is 5.91 Å². The van der Waals surface area contributed by atoms with Gasteiger partial charge in [-0.3, -0.25) is 9.69 Å². The average Bonchev–Trinajstić information content (AvgIpc) is 2.63. The molecule has 26 heavy (non-hydrogen) atoms. The van der Waals surface area contributed by atoms with E-state index in [-0.39, 0.29) is 17.1 Å². The predicted octanol–water partition coefficient (Wildman–Crippen LogP) is 5.71. The highest BCUT2D eigenvalue weighted by Crippen LogP contribution is 2.61. The summed E-state index contributed by atoms with van der Waals surface area (Å²) in [5, 5.41) is 0. The molecule has 0 radical (unpaired) electrons. The van der Waals surface area contributed by atoms with Gasteiger partial charge in [-0.1, -0.05) is 18.2 Å². The number of hydrogen-bond acceptors (Lipinski definition) is 1. The van der Waals surface area contributed by atoms with Gasteiger partial charge in [0.1, 0.15) is 5.82 Å². The van der Waals surface area contributed by atoms with Crippen molar-refractivity contribution in [2.24, 2.45) is 23.2 Å². The lowest BCUT2D eigenvalue weighted by atomic mass is 9.49. The predicted molar refractivity (Wildman–Crippen MR) is 101 cm³/mol. The summed E-state index contributed by atoms with van der Waals surface area (Å²) in [5.74, 6) is 2.10. The Morgan fingerprint density at radius 3 is 1.85 bits per heavy atom. The summed E-state index contributed by atoms with van der Waals surface area (Å²) in [6.07, 6.45) is 7.03. The summed E-state index contributed by atoms with van der Waals surface area (Å²) in [5.41, 5.74) is 1.41. The molecule has 2 aromatic rings. The molecule has 4 bridgehead atoms. The van der Waals surface area contributed by atoms with E-state index in [1.165, 1.54) is 31.4 Å². The monoisotopic (exact) mass is 349 g/mol. The van der Waals surface area contributed by atoms with Crippen LogP contribution in [0.15, 0.2) is 54.6 Å². The Bertz CT molecular complexity index is 779. The van der Waals surface area contributed by atoms with Crippen LogP contribution < -0.4 is 4.90 Å². The highest BCUT2D eigenvalue weighted by molar-refractivity contribution is 6.04. The first-order valence-electron chi connectivity index (χ1n) is 9.78. The van der Waals surface area contributed by atoms with Gasteiger partial charge in [-0.15, -0.1) is 0 Å². The van der Waals surface area contributed by atoms with E-state index in [2.05, 4.69) is 0 Å². The van der Waals surface area contributed by atoms with Crippen LogP contribution in [0.4, 0.5) is 15.8 Å². The largest absolute Gasteiger partial charge is 0.281 e. The number of carbonyl (C=O) groups is 1. The Morgan fingerprint density at radius 1 is 0.808 bits per heavy atom. The Balaban J connectivity index is 1.56. The standard InChI is InChI=1S/C23H24FNO/c24-19-6-8-21(9-7-19)25(20-4-2-1-3-5-20)22(26)23-13-16-10-17(14-23)12-18(11-16)15-23/h1-9,16-18H,10-15H2. The van der Waals surface area contributed by atoms with Crippen molar-refractivity contribution < 1.29 is 9.18 Å². The van der Waals surface area contributed by atoms with Gasteiger partial charge in [-0.2, -0.15) is 0 Å². The van der Waals surface area contributed by atoms with Crippen LogP contribution in [-0.4, -0.2) is 5.91 Å². The van der Waals surface area contributed by atoms with Crippen LogP contribution in [0.2, 0.25) is 0 Å². The summed E-state index contributed by atoms with van der Waals surface area (Å²) in [7, 11) is 0. The van der Waals surface area contributed by atoms with Crippen LogP contribution in [0.1, 0.15) is 38.5 Å². The molecule has 0 unspecified atom stereocenters. The minimum Gasteiger partial charge on any atom is -0.281 e. The van der Waals surface area contributed by atoms with Crippen molar-refractivity contribution in [3.63, 3.8) is 0 Å². The normalized spacial score (nSPS) is 31.8. The van der Waals surface area contributed by atoms with Crippen molar-refractivity contribution in [3.05, 3.63) is 60.4 Å². The van der Waals surface area contributed by atoms with Crippen LogP contribution in [0, 0.1) is 29.0 Å². The quantitative estimate of drug-likeness (QED) is 0.695. The number of benzene rings is 2. The second-order valence-electron chi connectivity index (χ2n) is 8.65. The van der Waals surface area contributed by atoms with E-state index in [9.17, 15) is 9.18 Å². The molecule has 0 atom stereocenters. The van der Waals surface area contributed by atoms with E-state index in [0.29, 0.717) is 0 Å². The molecule has 2 nitrogen and oxygen atoms in total. The van der Waals surface area contributed by atoms with Gasteiger partial charge in [0.25, 0.3) is 0 Å².